The van der Waals surface area contributed by atoms with Crippen molar-refractivity contribution in [2.45, 2.75) is 13.5 Å². The van der Waals surface area contributed by atoms with Crippen molar-refractivity contribution in [2.24, 2.45) is 0 Å². The largest absolute Gasteiger partial charge is 0.462 e. The van der Waals surface area contributed by atoms with Crippen molar-refractivity contribution in [2.75, 3.05) is 18.6 Å². The van der Waals surface area contributed by atoms with Gasteiger partial charge in [0.05, 0.1) is 29.9 Å². The summed E-state index contributed by atoms with van der Waals surface area (Å²) in [5.74, 6) is 0.449. The summed E-state index contributed by atoms with van der Waals surface area (Å²) in [6.45, 7) is 2.83. The number of aromatic nitrogens is 2. The van der Waals surface area contributed by atoms with Crippen LogP contribution in [0.4, 0.5) is 5.82 Å². The van der Waals surface area contributed by atoms with Gasteiger partial charge in [-0.1, -0.05) is 0 Å². The molecule has 0 bridgehead atoms. The van der Waals surface area contributed by atoms with E-state index in [-0.39, 0.29) is 5.97 Å². The zero-order valence-corrected chi connectivity index (χ0v) is 11.7. The summed E-state index contributed by atoms with van der Waals surface area (Å²) in [5, 5.41) is 2.00. The molecule has 0 aliphatic carbocycles. The van der Waals surface area contributed by atoms with Crippen LogP contribution in [0.1, 0.15) is 23.0 Å². The van der Waals surface area contributed by atoms with Crippen molar-refractivity contribution < 1.29 is 9.53 Å². The molecule has 0 amide bonds. The van der Waals surface area contributed by atoms with Gasteiger partial charge in [0.1, 0.15) is 5.82 Å². The predicted molar refractivity (Wildman–Crippen MR) is 74.4 cm³/mol. The molecule has 5 nitrogen and oxygen atoms in total. The molecule has 0 aromatic carbocycles. The topological polar surface area (TPSA) is 55.3 Å². The molecule has 0 aliphatic heterocycles. The molecule has 0 fully saturated rings. The zero-order chi connectivity index (χ0) is 13.7. The Labute approximate surface area is 115 Å². The van der Waals surface area contributed by atoms with Crippen LogP contribution in [-0.2, 0) is 11.3 Å². The minimum absolute atomic E-state index is 0.344. The van der Waals surface area contributed by atoms with Crippen LogP contribution in [0.25, 0.3) is 0 Å². The first-order valence-corrected chi connectivity index (χ1v) is 6.86. The molecule has 0 unspecified atom stereocenters. The average molecular weight is 277 g/mol. The van der Waals surface area contributed by atoms with Gasteiger partial charge in [0.2, 0.25) is 0 Å². The molecule has 2 heterocycles. The first-order chi connectivity index (χ1) is 9.20. The van der Waals surface area contributed by atoms with E-state index in [0.29, 0.717) is 18.7 Å². The minimum atomic E-state index is -0.344. The van der Waals surface area contributed by atoms with Crippen LogP contribution in [0.5, 0.6) is 0 Å². The maximum atomic E-state index is 11.5. The van der Waals surface area contributed by atoms with E-state index in [9.17, 15) is 4.79 Å². The van der Waals surface area contributed by atoms with E-state index in [1.54, 1.807) is 35.9 Å². The standard InChI is InChI=1S/C13H15N3O2S/c1-3-18-13(17)10-4-5-12(14-6-10)16(2)7-11-8-19-9-15-11/h4-6,8-9H,3,7H2,1-2H3. The number of hydrogen-bond donors (Lipinski definition) is 0. The lowest BCUT2D eigenvalue weighted by atomic mass is 10.3. The molecule has 0 saturated heterocycles. The van der Waals surface area contributed by atoms with Crippen LogP contribution in [0, 0.1) is 0 Å². The molecule has 0 atom stereocenters. The van der Waals surface area contributed by atoms with Crippen LogP contribution in [0.2, 0.25) is 0 Å². The van der Waals surface area contributed by atoms with E-state index in [2.05, 4.69) is 9.97 Å². The number of carbonyl (C=O) groups is 1. The van der Waals surface area contributed by atoms with Crippen LogP contribution in [0.3, 0.4) is 0 Å². The summed E-state index contributed by atoms with van der Waals surface area (Å²) in [6.07, 6.45) is 1.53. The summed E-state index contributed by atoms with van der Waals surface area (Å²) in [7, 11) is 1.94. The Morgan fingerprint density at radius 2 is 2.26 bits per heavy atom. The lowest BCUT2D eigenvalue weighted by molar-refractivity contribution is 0.0526. The minimum Gasteiger partial charge on any atom is -0.462 e. The highest BCUT2D eigenvalue weighted by atomic mass is 32.1. The number of rotatable bonds is 5. The monoisotopic (exact) mass is 277 g/mol. The van der Waals surface area contributed by atoms with Gasteiger partial charge in [0.25, 0.3) is 0 Å². The zero-order valence-electron chi connectivity index (χ0n) is 10.9. The van der Waals surface area contributed by atoms with E-state index in [1.165, 1.54) is 6.20 Å². The second kappa shape index (κ2) is 6.29. The summed E-state index contributed by atoms with van der Waals surface area (Å²) >= 11 is 1.57. The van der Waals surface area contributed by atoms with E-state index >= 15 is 0 Å². The van der Waals surface area contributed by atoms with Crippen LogP contribution >= 0.6 is 11.3 Å². The lowest BCUT2D eigenvalue weighted by Crippen LogP contribution is -2.18. The lowest BCUT2D eigenvalue weighted by Gasteiger charge is -2.16. The van der Waals surface area contributed by atoms with Gasteiger partial charge in [-0.05, 0) is 19.1 Å². The van der Waals surface area contributed by atoms with Crippen molar-refractivity contribution in [3.05, 3.63) is 40.5 Å². The van der Waals surface area contributed by atoms with Crippen molar-refractivity contribution >= 4 is 23.1 Å². The van der Waals surface area contributed by atoms with Crippen LogP contribution in [0.15, 0.2) is 29.2 Å². The maximum Gasteiger partial charge on any atom is 0.339 e. The molecule has 0 N–H and O–H groups in total. The van der Waals surface area contributed by atoms with Crippen LogP contribution < -0.4 is 4.90 Å². The second-order valence-electron chi connectivity index (χ2n) is 3.96. The van der Waals surface area contributed by atoms with Crippen molar-refractivity contribution in [1.29, 1.82) is 0 Å². The number of nitrogens with zero attached hydrogens (tertiary/aromatic N) is 3. The fourth-order valence-corrected chi connectivity index (χ4v) is 2.14. The molecule has 0 saturated carbocycles. The molecule has 0 spiro atoms. The van der Waals surface area contributed by atoms with E-state index in [4.69, 9.17) is 4.74 Å². The summed E-state index contributed by atoms with van der Waals surface area (Å²) in [5.41, 5.74) is 3.27. The van der Waals surface area contributed by atoms with E-state index in [1.807, 2.05) is 17.3 Å². The number of pyridine rings is 1. The highest BCUT2D eigenvalue weighted by Crippen LogP contribution is 2.13. The third-order valence-corrected chi connectivity index (χ3v) is 3.17. The fourth-order valence-electron chi connectivity index (χ4n) is 1.59. The Morgan fingerprint density at radius 3 is 2.84 bits per heavy atom. The number of esters is 1. The average Bonchev–Trinajstić information content (AvgIpc) is 2.92. The Kier molecular flexibility index (Phi) is 4.46. The van der Waals surface area contributed by atoms with Crippen molar-refractivity contribution in [3.8, 4) is 0 Å². The van der Waals surface area contributed by atoms with Crippen molar-refractivity contribution in [3.63, 3.8) is 0 Å². The Balaban J connectivity index is 2.03. The third-order valence-electron chi connectivity index (χ3n) is 2.53. The molecule has 0 aliphatic rings. The van der Waals surface area contributed by atoms with Gasteiger partial charge in [-0.2, -0.15) is 0 Å². The summed E-state index contributed by atoms with van der Waals surface area (Å²) < 4.78 is 4.91. The molecule has 19 heavy (non-hydrogen) atoms. The normalized spacial score (nSPS) is 10.2. The highest BCUT2D eigenvalue weighted by Gasteiger charge is 2.09. The van der Waals surface area contributed by atoms with Crippen LogP contribution in [-0.4, -0.2) is 29.6 Å². The summed E-state index contributed by atoms with van der Waals surface area (Å²) in [6, 6.07) is 3.52. The predicted octanol–water partition coefficient (Wildman–Crippen LogP) is 2.35. The van der Waals surface area contributed by atoms with E-state index < -0.39 is 0 Å². The van der Waals surface area contributed by atoms with Gasteiger partial charge < -0.3 is 9.64 Å². The summed E-state index contributed by atoms with van der Waals surface area (Å²) in [4.78, 5) is 22.0. The number of anilines is 1. The number of ether oxygens (including phenoxy) is 1. The Hall–Kier alpha value is -1.95. The van der Waals surface area contributed by atoms with Gasteiger partial charge in [-0.25, -0.2) is 14.8 Å². The second-order valence-corrected chi connectivity index (χ2v) is 4.68. The number of thiazole rings is 1. The quantitative estimate of drug-likeness (QED) is 0.785. The first-order valence-electron chi connectivity index (χ1n) is 5.92. The SMILES string of the molecule is CCOC(=O)c1ccc(N(C)Cc2cscn2)nc1. The molecule has 0 radical (unpaired) electrons. The van der Waals surface area contributed by atoms with E-state index in [0.717, 1.165) is 11.5 Å². The van der Waals surface area contributed by atoms with Gasteiger partial charge in [-0.15, -0.1) is 11.3 Å². The first kappa shape index (κ1) is 13.5. The van der Waals surface area contributed by atoms with Crippen molar-refractivity contribution in [1.82, 2.24) is 9.97 Å². The maximum absolute atomic E-state index is 11.5. The Bertz CT molecular complexity index is 525. The fraction of sp³-hybridized carbons (Fsp3) is 0.308. The Morgan fingerprint density at radius 1 is 1.42 bits per heavy atom. The van der Waals surface area contributed by atoms with Gasteiger partial charge in [0.15, 0.2) is 0 Å². The smallest absolute Gasteiger partial charge is 0.339 e. The number of hydrogen-bond acceptors (Lipinski definition) is 6. The van der Waals surface area contributed by atoms with Gasteiger partial charge in [0, 0.05) is 18.6 Å². The molecular formula is C13H15N3O2S. The molecule has 100 valence electrons. The molecule has 2 aromatic heterocycles. The molecule has 2 rings (SSSR count). The third kappa shape index (κ3) is 3.51. The number of carbonyl (C=O) groups excluding carboxylic acids is 1. The highest BCUT2D eigenvalue weighted by molar-refractivity contribution is 7.07. The molecule has 2 aromatic rings. The molecular weight excluding hydrogens is 262 g/mol. The van der Waals surface area contributed by atoms with Gasteiger partial charge >= 0.3 is 5.97 Å². The molecule has 6 heteroatoms. The van der Waals surface area contributed by atoms with Gasteiger partial charge in [-0.3, -0.25) is 0 Å².